The van der Waals surface area contributed by atoms with Crippen molar-refractivity contribution < 1.29 is 14.3 Å². The predicted octanol–water partition coefficient (Wildman–Crippen LogP) is 1.05. The van der Waals surface area contributed by atoms with Gasteiger partial charge in [0.1, 0.15) is 6.04 Å². The average molecular weight is 233 g/mol. The number of aryl methyl sites for hydroxylation is 1. The lowest BCUT2D eigenvalue weighted by Crippen LogP contribution is -2.37. The van der Waals surface area contributed by atoms with Crippen LogP contribution >= 0.6 is 0 Å². The van der Waals surface area contributed by atoms with E-state index in [0.717, 1.165) is 5.56 Å². The van der Waals surface area contributed by atoms with Crippen molar-refractivity contribution in [1.29, 1.82) is 0 Å². The van der Waals surface area contributed by atoms with E-state index >= 15 is 0 Å². The Kier molecular flexibility index (Phi) is 3.75. The van der Waals surface area contributed by atoms with Crippen molar-refractivity contribution in [1.82, 2.24) is 5.32 Å². The molecular formula is C13H15NO3. The maximum atomic E-state index is 11.6. The second-order valence-electron chi connectivity index (χ2n) is 4.06. The molecule has 1 amide bonds. The number of rotatable bonds is 4. The van der Waals surface area contributed by atoms with Gasteiger partial charge < -0.3 is 10.1 Å². The number of ether oxygens (including phenoxy) is 1. The molecule has 1 fully saturated rings. The topological polar surface area (TPSA) is 55.4 Å². The van der Waals surface area contributed by atoms with Crippen molar-refractivity contribution in [3.05, 3.63) is 35.9 Å². The predicted molar refractivity (Wildman–Crippen MR) is 62.3 cm³/mol. The number of hydrogen-bond acceptors (Lipinski definition) is 3. The van der Waals surface area contributed by atoms with Crippen LogP contribution in [0.3, 0.4) is 0 Å². The minimum atomic E-state index is -0.446. The van der Waals surface area contributed by atoms with Crippen LogP contribution in [0.4, 0.5) is 0 Å². The normalized spacial score (nSPS) is 18.8. The molecule has 0 radical (unpaired) electrons. The SMILES string of the molecule is O=C(CCc1ccccc1)N[C@@H]1CCOC1=O. The Hall–Kier alpha value is -1.84. The Morgan fingerprint density at radius 2 is 2.12 bits per heavy atom. The lowest BCUT2D eigenvalue weighted by molar-refractivity contribution is -0.141. The van der Waals surface area contributed by atoms with Gasteiger partial charge in [0.2, 0.25) is 5.91 Å². The van der Waals surface area contributed by atoms with Crippen LogP contribution < -0.4 is 5.32 Å². The van der Waals surface area contributed by atoms with Crippen LogP contribution in [-0.2, 0) is 20.7 Å². The summed E-state index contributed by atoms with van der Waals surface area (Å²) in [6, 6.07) is 9.36. The summed E-state index contributed by atoms with van der Waals surface area (Å²) in [5.41, 5.74) is 1.12. The molecule has 1 saturated heterocycles. The monoisotopic (exact) mass is 233 g/mol. The zero-order chi connectivity index (χ0) is 12.1. The van der Waals surface area contributed by atoms with Gasteiger partial charge in [0, 0.05) is 12.8 Å². The molecule has 1 heterocycles. The van der Waals surface area contributed by atoms with Gasteiger partial charge in [-0.05, 0) is 12.0 Å². The number of nitrogens with one attached hydrogen (secondary N) is 1. The Morgan fingerprint density at radius 1 is 1.35 bits per heavy atom. The fourth-order valence-corrected chi connectivity index (χ4v) is 1.80. The van der Waals surface area contributed by atoms with Crippen LogP contribution in [0, 0.1) is 0 Å². The summed E-state index contributed by atoms with van der Waals surface area (Å²) in [5, 5.41) is 2.69. The van der Waals surface area contributed by atoms with E-state index in [0.29, 0.717) is 25.9 Å². The lowest BCUT2D eigenvalue weighted by Gasteiger charge is -2.08. The minimum absolute atomic E-state index is 0.0993. The number of hydrogen-bond donors (Lipinski definition) is 1. The van der Waals surface area contributed by atoms with Crippen LogP contribution in [0.25, 0.3) is 0 Å². The van der Waals surface area contributed by atoms with Gasteiger partial charge in [0.15, 0.2) is 0 Å². The van der Waals surface area contributed by atoms with Gasteiger partial charge in [0.25, 0.3) is 0 Å². The van der Waals surface area contributed by atoms with E-state index < -0.39 is 6.04 Å². The second-order valence-corrected chi connectivity index (χ2v) is 4.06. The molecule has 0 saturated carbocycles. The molecule has 0 bridgehead atoms. The highest BCUT2D eigenvalue weighted by atomic mass is 16.5. The molecule has 1 aliphatic heterocycles. The number of amides is 1. The fraction of sp³-hybridized carbons (Fsp3) is 0.385. The first-order valence-corrected chi connectivity index (χ1v) is 5.75. The van der Waals surface area contributed by atoms with Crippen LogP contribution in [0.2, 0.25) is 0 Å². The Balaban J connectivity index is 1.76. The van der Waals surface area contributed by atoms with E-state index in [2.05, 4.69) is 5.32 Å². The molecule has 1 aromatic rings. The van der Waals surface area contributed by atoms with Crippen molar-refractivity contribution in [3.63, 3.8) is 0 Å². The number of cyclic esters (lactones) is 1. The summed E-state index contributed by atoms with van der Waals surface area (Å²) in [7, 11) is 0. The van der Waals surface area contributed by atoms with Gasteiger partial charge in [-0.15, -0.1) is 0 Å². The van der Waals surface area contributed by atoms with Crippen molar-refractivity contribution in [3.8, 4) is 0 Å². The summed E-state index contributed by atoms with van der Waals surface area (Å²) >= 11 is 0. The summed E-state index contributed by atoms with van der Waals surface area (Å²) in [6.45, 7) is 0.405. The van der Waals surface area contributed by atoms with Gasteiger partial charge >= 0.3 is 5.97 Å². The summed E-state index contributed by atoms with van der Waals surface area (Å²) in [5.74, 6) is -0.421. The Labute approximate surface area is 100.0 Å². The van der Waals surface area contributed by atoms with Crippen LogP contribution in [0.5, 0.6) is 0 Å². The molecule has 0 spiro atoms. The highest BCUT2D eigenvalue weighted by Crippen LogP contribution is 2.07. The summed E-state index contributed by atoms with van der Waals surface area (Å²) < 4.78 is 4.78. The third-order valence-electron chi connectivity index (χ3n) is 2.75. The van der Waals surface area contributed by atoms with Gasteiger partial charge in [-0.2, -0.15) is 0 Å². The average Bonchev–Trinajstić information content (AvgIpc) is 2.74. The number of esters is 1. The zero-order valence-corrected chi connectivity index (χ0v) is 9.52. The number of carbonyl (C=O) groups excluding carboxylic acids is 2. The summed E-state index contributed by atoms with van der Waals surface area (Å²) in [4.78, 5) is 22.7. The van der Waals surface area contributed by atoms with E-state index in [-0.39, 0.29) is 11.9 Å². The smallest absolute Gasteiger partial charge is 0.328 e. The first-order chi connectivity index (χ1) is 8.25. The van der Waals surface area contributed by atoms with E-state index in [1.807, 2.05) is 30.3 Å². The molecule has 0 aliphatic carbocycles. The molecule has 4 heteroatoms. The molecule has 0 aromatic heterocycles. The molecule has 1 N–H and O–H groups in total. The maximum Gasteiger partial charge on any atom is 0.328 e. The largest absolute Gasteiger partial charge is 0.464 e. The van der Waals surface area contributed by atoms with E-state index in [4.69, 9.17) is 4.74 Å². The molecule has 4 nitrogen and oxygen atoms in total. The van der Waals surface area contributed by atoms with Gasteiger partial charge in [-0.3, -0.25) is 4.79 Å². The Bertz CT molecular complexity index is 402. The van der Waals surface area contributed by atoms with Gasteiger partial charge in [-0.25, -0.2) is 4.79 Å². The van der Waals surface area contributed by atoms with Gasteiger partial charge in [0.05, 0.1) is 6.61 Å². The lowest BCUT2D eigenvalue weighted by atomic mass is 10.1. The molecule has 17 heavy (non-hydrogen) atoms. The summed E-state index contributed by atoms with van der Waals surface area (Å²) in [6.07, 6.45) is 1.66. The molecular weight excluding hydrogens is 218 g/mol. The first-order valence-electron chi connectivity index (χ1n) is 5.75. The quantitative estimate of drug-likeness (QED) is 0.791. The number of carbonyl (C=O) groups is 2. The highest BCUT2D eigenvalue weighted by Gasteiger charge is 2.27. The molecule has 1 aromatic carbocycles. The van der Waals surface area contributed by atoms with Crippen molar-refractivity contribution in [2.45, 2.75) is 25.3 Å². The van der Waals surface area contributed by atoms with Gasteiger partial charge in [-0.1, -0.05) is 30.3 Å². The third kappa shape index (κ3) is 3.31. The minimum Gasteiger partial charge on any atom is -0.464 e. The second kappa shape index (κ2) is 5.48. The van der Waals surface area contributed by atoms with E-state index in [9.17, 15) is 9.59 Å². The molecule has 90 valence electrons. The molecule has 0 unspecified atom stereocenters. The van der Waals surface area contributed by atoms with Crippen molar-refractivity contribution >= 4 is 11.9 Å². The highest BCUT2D eigenvalue weighted by molar-refractivity contribution is 5.85. The third-order valence-corrected chi connectivity index (χ3v) is 2.75. The standard InChI is InChI=1S/C13H15NO3/c15-12(14-11-8-9-17-13(11)16)7-6-10-4-2-1-3-5-10/h1-5,11H,6-9H2,(H,14,15)/t11-/m1/s1. The molecule has 1 atom stereocenters. The van der Waals surface area contributed by atoms with Crippen LogP contribution in [0.15, 0.2) is 30.3 Å². The Morgan fingerprint density at radius 3 is 2.76 bits per heavy atom. The zero-order valence-electron chi connectivity index (χ0n) is 9.52. The van der Waals surface area contributed by atoms with Crippen LogP contribution in [0.1, 0.15) is 18.4 Å². The van der Waals surface area contributed by atoms with Crippen LogP contribution in [-0.4, -0.2) is 24.5 Å². The number of benzene rings is 1. The van der Waals surface area contributed by atoms with E-state index in [1.165, 1.54) is 0 Å². The first kappa shape index (κ1) is 11.6. The van der Waals surface area contributed by atoms with Crippen molar-refractivity contribution in [2.24, 2.45) is 0 Å². The van der Waals surface area contributed by atoms with Crippen molar-refractivity contribution in [2.75, 3.05) is 6.61 Å². The molecule has 1 aliphatic rings. The molecule has 2 rings (SSSR count). The maximum absolute atomic E-state index is 11.6. The fourth-order valence-electron chi connectivity index (χ4n) is 1.80. The van der Waals surface area contributed by atoms with E-state index in [1.54, 1.807) is 0 Å².